The summed E-state index contributed by atoms with van der Waals surface area (Å²) >= 11 is 12.7. The van der Waals surface area contributed by atoms with Crippen molar-refractivity contribution < 1.29 is 37.7 Å². The third-order valence-electron chi connectivity index (χ3n) is 9.42. The molecule has 4 heterocycles. The van der Waals surface area contributed by atoms with Gasteiger partial charge in [-0.15, -0.1) is 0 Å². The zero-order valence-corrected chi connectivity index (χ0v) is 29.7. The van der Waals surface area contributed by atoms with Gasteiger partial charge in [0, 0.05) is 18.5 Å². The van der Waals surface area contributed by atoms with Crippen LogP contribution in [-0.4, -0.2) is 56.9 Å². The van der Waals surface area contributed by atoms with Crippen LogP contribution in [0.15, 0.2) is 79.1 Å². The Morgan fingerprint density at radius 3 is 2.25 bits per heavy atom. The number of pyridine rings is 1. The van der Waals surface area contributed by atoms with Crippen LogP contribution in [0, 0.1) is 16.9 Å². The Bertz CT molecular complexity index is 1850. The minimum Gasteiger partial charge on any atom is -0.619 e. The van der Waals surface area contributed by atoms with E-state index >= 15 is 0 Å². The van der Waals surface area contributed by atoms with Crippen molar-refractivity contribution in [3.8, 4) is 11.5 Å². The lowest BCUT2D eigenvalue weighted by Gasteiger charge is -2.44. The molecule has 3 aromatic carbocycles. The molecule has 0 unspecified atom stereocenters. The number of piperidine rings is 3. The van der Waals surface area contributed by atoms with Gasteiger partial charge in [0.05, 0.1) is 32.9 Å². The van der Waals surface area contributed by atoms with Crippen molar-refractivity contribution >= 4 is 41.0 Å². The normalized spacial score (nSPS) is 18.5. The van der Waals surface area contributed by atoms with Crippen LogP contribution in [0.1, 0.15) is 41.2 Å². The van der Waals surface area contributed by atoms with E-state index in [-0.39, 0.29) is 41.2 Å². The fraction of sp³-hybridized carbons (Fsp3) is 0.342. The molecular weight excluding hydrogens is 700 g/mol. The highest BCUT2D eigenvalue weighted by Gasteiger charge is 2.37. The van der Waals surface area contributed by atoms with E-state index in [0.717, 1.165) is 25.9 Å². The summed E-state index contributed by atoms with van der Waals surface area (Å²) in [5, 5.41) is 12.1. The molecule has 51 heavy (non-hydrogen) atoms. The molecule has 1 aromatic heterocycles. The maximum absolute atomic E-state index is 15.0. The van der Waals surface area contributed by atoms with E-state index in [0.29, 0.717) is 50.9 Å². The van der Waals surface area contributed by atoms with Gasteiger partial charge in [-0.1, -0.05) is 65.7 Å². The van der Waals surface area contributed by atoms with Gasteiger partial charge in [-0.2, -0.15) is 4.73 Å². The first-order valence-corrected chi connectivity index (χ1v) is 17.4. The van der Waals surface area contributed by atoms with Gasteiger partial charge in [0.1, 0.15) is 28.1 Å². The number of fused-ring (bicyclic) bond motifs is 3. The topological polar surface area (TPSA) is 104 Å². The van der Waals surface area contributed by atoms with Crippen molar-refractivity contribution in [2.75, 3.05) is 38.8 Å². The Kier molecular flexibility index (Phi) is 11.5. The molecule has 0 N–H and O–H groups in total. The predicted octanol–water partition coefficient (Wildman–Crippen LogP) is 7.09. The van der Waals surface area contributed by atoms with Gasteiger partial charge in [-0.05, 0) is 72.8 Å². The first-order chi connectivity index (χ1) is 24.6. The second kappa shape index (κ2) is 16.2. The fourth-order valence-corrected chi connectivity index (χ4v) is 7.26. The summed E-state index contributed by atoms with van der Waals surface area (Å²) in [6, 6.07) is 18.4. The van der Waals surface area contributed by atoms with E-state index in [1.54, 1.807) is 60.7 Å². The second-order valence-electron chi connectivity index (χ2n) is 12.7. The summed E-state index contributed by atoms with van der Waals surface area (Å²) in [6.45, 7) is 2.76. The van der Waals surface area contributed by atoms with Crippen LogP contribution in [0.3, 0.4) is 0 Å². The highest BCUT2D eigenvalue weighted by molar-refractivity contribution is 6.35. The van der Waals surface area contributed by atoms with Crippen LogP contribution in [-0.2, 0) is 33.7 Å². The van der Waals surface area contributed by atoms with Gasteiger partial charge in [0.25, 0.3) is 0 Å². The molecule has 3 aliphatic rings. The number of halogens is 3. The van der Waals surface area contributed by atoms with Crippen LogP contribution < -0.4 is 19.1 Å². The first-order valence-electron chi connectivity index (χ1n) is 16.6. The number of aromatic nitrogens is 1. The quantitative estimate of drug-likeness (QED) is 0.0863. The maximum Gasteiger partial charge on any atom is 0.415 e. The largest absolute Gasteiger partial charge is 0.619 e. The molecule has 7 rings (SSSR count). The van der Waals surface area contributed by atoms with Gasteiger partial charge in [-0.3, -0.25) is 14.6 Å². The van der Waals surface area contributed by atoms with Gasteiger partial charge < -0.3 is 24.2 Å². The summed E-state index contributed by atoms with van der Waals surface area (Å²) in [4.78, 5) is 30.6. The number of rotatable bonds is 12. The number of amides is 1. The molecule has 2 bridgehead atoms. The van der Waals surface area contributed by atoms with Crippen molar-refractivity contribution in [3.63, 3.8) is 0 Å². The number of para-hydroxylation sites is 1. The van der Waals surface area contributed by atoms with Crippen molar-refractivity contribution in [3.05, 3.63) is 122 Å². The van der Waals surface area contributed by atoms with E-state index in [1.165, 1.54) is 37.6 Å². The molecule has 0 radical (unpaired) electrons. The molecule has 3 saturated heterocycles. The number of anilines is 1. The average Bonchev–Trinajstić information content (AvgIpc) is 3.12. The fourth-order valence-electron chi connectivity index (χ4n) is 6.66. The standard InChI is InChI=1S/C38H38Cl2FN3O7/c1-48-33-12-11-27(18-35(33)49-2)34(19-28-29(39)21-43(47)22-30(28)40)50-37(45)17-24-7-9-25(10-8-24)20-44(32-6-4-3-5-31(32)41)38(46)51-36-23-42-15-13-26(36)14-16-42/h3-12,18,21-22,26,34,36H,13-17,19-20,23H2,1-2H3/t34-,36-/m0/s1. The van der Waals surface area contributed by atoms with Crippen molar-refractivity contribution in [1.29, 1.82) is 0 Å². The third kappa shape index (κ3) is 8.66. The molecule has 4 aromatic rings. The Hall–Kier alpha value is -4.58. The SMILES string of the molecule is COc1ccc([C@H](Cc2c(Cl)c[n+]([O-])cc2Cl)OC(=O)Cc2ccc(CN(C(=O)O[C@H]3CN4CCC3CC4)c3ccccc3F)cc2)cc1OC. The number of nitrogens with zero attached hydrogens (tertiary/aromatic N) is 3. The van der Waals surface area contributed by atoms with Crippen molar-refractivity contribution in [1.82, 2.24) is 4.90 Å². The van der Waals surface area contributed by atoms with E-state index in [9.17, 15) is 19.2 Å². The van der Waals surface area contributed by atoms with E-state index < -0.39 is 24.0 Å². The van der Waals surface area contributed by atoms with Crippen LogP contribution in [0.2, 0.25) is 10.0 Å². The molecule has 268 valence electrons. The van der Waals surface area contributed by atoms with Gasteiger partial charge >= 0.3 is 12.1 Å². The van der Waals surface area contributed by atoms with E-state index in [2.05, 4.69) is 4.90 Å². The zero-order chi connectivity index (χ0) is 36.1. The predicted molar refractivity (Wildman–Crippen MR) is 190 cm³/mol. The lowest BCUT2D eigenvalue weighted by atomic mass is 9.86. The van der Waals surface area contributed by atoms with Crippen LogP contribution in [0.4, 0.5) is 14.9 Å². The molecule has 0 spiro atoms. The Morgan fingerprint density at radius 1 is 0.961 bits per heavy atom. The smallest absolute Gasteiger partial charge is 0.415 e. The van der Waals surface area contributed by atoms with Gasteiger partial charge in [0.15, 0.2) is 23.9 Å². The number of hydrogen-bond donors (Lipinski definition) is 0. The number of esters is 1. The van der Waals surface area contributed by atoms with E-state index in [1.807, 2.05) is 0 Å². The Labute approximate surface area is 305 Å². The summed E-state index contributed by atoms with van der Waals surface area (Å²) in [5.74, 6) is 0.177. The molecule has 3 aliphatic heterocycles. The summed E-state index contributed by atoms with van der Waals surface area (Å²) < 4.78 is 38.3. The van der Waals surface area contributed by atoms with E-state index in [4.69, 9.17) is 42.1 Å². The molecule has 13 heteroatoms. The molecular formula is C38H38Cl2FN3O7. The lowest BCUT2D eigenvalue weighted by Crippen LogP contribution is -2.53. The Balaban J connectivity index is 1.17. The maximum atomic E-state index is 15.0. The minimum absolute atomic E-state index is 0.0644. The number of benzene rings is 3. The van der Waals surface area contributed by atoms with Gasteiger partial charge in [-0.25, -0.2) is 9.18 Å². The molecule has 3 fully saturated rings. The van der Waals surface area contributed by atoms with Crippen LogP contribution in [0.25, 0.3) is 0 Å². The lowest BCUT2D eigenvalue weighted by molar-refractivity contribution is -0.605. The average molecular weight is 739 g/mol. The Morgan fingerprint density at radius 2 is 1.63 bits per heavy atom. The minimum atomic E-state index is -0.842. The van der Waals surface area contributed by atoms with Crippen molar-refractivity contribution in [2.24, 2.45) is 5.92 Å². The number of ether oxygens (including phenoxy) is 4. The number of carbonyl (C=O) groups excluding carboxylic acids is 2. The summed E-state index contributed by atoms with van der Waals surface area (Å²) in [6.07, 6.45) is 2.66. The van der Waals surface area contributed by atoms with Crippen LogP contribution >= 0.6 is 23.2 Å². The first kappa shape index (κ1) is 36.2. The molecule has 0 aliphatic carbocycles. The monoisotopic (exact) mass is 737 g/mol. The second-order valence-corrected chi connectivity index (χ2v) is 13.5. The number of methoxy groups -OCH3 is 2. The summed E-state index contributed by atoms with van der Waals surface area (Å²) in [7, 11) is 3.02. The van der Waals surface area contributed by atoms with Crippen LogP contribution in [0.5, 0.6) is 11.5 Å². The highest BCUT2D eigenvalue weighted by atomic mass is 35.5. The number of hydrogen-bond acceptors (Lipinski definition) is 8. The molecule has 1 amide bonds. The van der Waals surface area contributed by atoms with Crippen molar-refractivity contribution in [2.45, 2.75) is 44.4 Å². The molecule has 2 atom stereocenters. The zero-order valence-electron chi connectivity index (χ0n) is 28.2. The molecule has 0 saturated carbocycles. The molecule has 10 nitrogen and oxygen atoms in total. The number of carbonyl (C=O) groups is 2. The highest BCUT2D eigenvalue weighted by Crippen LogP contribution is 2.36. The third-order valence-corrected chi connectivity index (χ3v) is 10.1. The summed E-state index contributed by atoms with van der Waals surface area (Å²) in [5.41, 5.74) is 2.54. The van der Waals surface area contributed by atoms with Gasteiger partial charge in [0.2, 0.25) is 0 Å².